The van der Waals surface area contributed by atoms with E-state index in [4.69, 9.17) is 10.8 Å². The van der Waals surface area contributed by atoms with Gasteiger partial charge in [0.05, 0.1) is 5.92 Å². The largest absolute Gasteiger partial charge is 0.481 e. The minimum absolute atomic E-state index is 0.125. The Balaban J connectivity index is 3.92. The number of hydrogen-bond acceptors (Lipinski definition) is 3. The van der Waals surface area contributed by atoms with Crippen molar-refractivity contribution in [2.75, 3.05) is 13.1 Å². The van der Waals surface area contributed by atoms with Gasteiger partial charge in [-0.1, -0.05) is 13.8 Å². The summed E-state index contributed by atoms with van der Waals surface area (Å²) in [5.74, 6) is -1.65. The molecule has 0 aromatic carbocycles. The molecule has 1 amide bonds. The van der Waals surface area contributed by atoms with Crippen LogP contribution in [0.25, 0.3) is 0 Å². The SMILES string of the molecule is CCC(CNC(=O)C(C)CCN)C(=O)O. The molecule has 0 spiro atoms. The highest BCUT2D eigenvalue weighted by Gasteiger charge is 2.18. The van der Waals surface area contributed by atoms with Crippen molar-refractivity contribution in [2.24, 2.45) is 17.6 Å². The van der Waals surface area contributed by atoms with Crippen LogP contribution in [-0.2, 0) is 9.59 Å². The van der Waals surface area contributed by atoms with Gasteiger partial charge in [0.1, 0.15) is 0 Å². The highest BCUT2D eigenvalue weighted by Crippen LogP contribution is 2.03. The van der Waals surface area contributed by atoms with E-state index in [-0.39, 0.29) is 18.4 Å². The van der Waals surface area contributed by atoms with Crippen LogP contribution in [0.2, 0.25) is 0 Å². The second kappa shape index (κ2) is 7.23. The van der Waals surface area contributed by atoms with Crippen molar-refractivity contribution in [1.29, 1.82) is 0 Å². The Morgan fingerprint density at radius 3 is 2.47 bits per heavy atom. The fourth-order valence-electron chi connectivity index (χ4n) is 1.19. The number of hydrogen-bond donors (Lipinski definition) is 3. The molecule has 2 unspecified atom stereocenters. The van der Waals surface area contributed by atoms with Crippen molar-refractivity contribution in [3.8, 4) is 0 Å². The van der Waals surface area contributed by atoms with Gasteiger partial charge in [0.15, 0.2) is 0 Å². The number of carbonyl (C=O) groups excluding carboxylic acids is 1. The van der Waals surface area contributed by atoms with Crippen LogP contribution in [0.3, 0.4) is 0 Å². The van der Waals surface area contributed by atoms with Crippen LogP contribution < -0.4 is 11.1 Å². The summed E-state index contributed by atoms with van der Waals surface area (Å²) in [6.45, 7) is 4.22. The monoisotopic (exact) mass is 216 g/mol. The third-order valence-corrected chi connectivity index (χ3v) is 2.41. The molecule has 0 fully saturated rings. The summed E-state index contributed by atoms with van der Waals surface area (Å²) in [6.07, 6.45) is 1.14. The van der Waals surface area contributed by atoms with E-state index in [0.717, 1.165) is 0 Å². The summed E-state index contributed by atoms with van der Waals surface area (Å²) < 4.78 is 0. The Hall–Kier alpha value is -1.10. The number of carboxylic acids is 1. The summed E-state index contributed by atoms with van der Waals surface area (Å²) >= 11 is 0. The molecular formula is C10H20N2O3. The van der Waals surface area contributed by atoms with Gasteiger partial charge in [0.25, 0.3) is 0 Å². The number of carbonyl (C=O) groups is 2. The van der Waals surface area contributed by atoms with Gasteiger partial charge in [-0.05, 0) is 19.4 Å². The zero-order valence-electron chi connectivity index (χ0n) is 9.32. The molecular weight excluding hydrogens is 196 g/mol. The van der Waals surface area contributed by atoms with Gasteiger partial charge in [0.2, 0.25) is 5.91 Å². The highest BCUT2D eigenvalue weighted by atomic mass is 16.4. The smallest absolute Gasteiger partial charge is 0.308 e. The predicted molar refractivity (Wildman–Crippen MR) is 57.3 cm³/mol. The van der Waals surface area contributed by atoms with Crippen molar-refractivity contribution < 1.29 is 14.7 Å². The first-order valence-corrected chi connectivity index (χ1v) is 5.23. The summed E-state index contributed by atoms with van der Waals surface area (Å²) in [7, 11) is 0. The van der Waals surface area contributed by atoms with E-state index in [0.29, 0.717) is 19.4 Å². The molecule has 0 aliphatic carbocycles. The third-order valence-electron chi connectivity index (χ3n) is 2.41. The minimum atomic E-state index is -0.871. The van der Waals surface area contributed by atoms with Gasteiger partial charge in [-0.15, -0.1) is 0 Å². The number of amides is 1. The van der Waals surface area contributed by atoms with Crippen LogP contribution in [0.4, 0.5) is 0 Å². The van der Waals surface area contributed by atoms with E-state index in [1.54, 1.807) is 13.8 Å². The van der Waals surface area contributed by atoms with Crippen molar-refractivity contribution in [2.45, 2.75) is 26.7 Å². The molecule has 4 N–H and O–H groups in total. The molecule has 5 heteroatoms. The van der Waals surface area contributed by atoms with E-state index in [2.05, 4.69) is 5.32 Å². The van der Waals surface area contributed by atoms with Crippen LogP contribution in [0.15, 0.2) is 0 Å². The molecule has 0 aromatic rings. The molecule has 0 aliphatic heterocycles. The lowest BCUT2D eigenvalue weighted by Gasteiger charge is -2.14. The van der Waals surface area contributed by atoms with Crippen molar-refractivity contribution >= 4 is 11.9 Å². The molecule has 0 aromatic heterocycles. The lowest BCUT2D eigenvalue weighted by molar-refractivity contribution is -0.141. The first-order valence-electron chi connectivity index (χ1n) is 5.23. The first-order chi connectivity index (χ1) is 7.02. The van der Waals surface area contributed by atoms with Gasteiger partial charge < -0.3 is 16.2 Å². The molecule has 0 radical (unpaired) electrons. The molecule has 0 saturated heterocycles. The average Bonchev–Trinajstić information content (AvgIpc) is 2.18. The number of nitrogens with one attached hydrogen (secondary N) is 1. The maximum Gasteiger partial charge on any atom is 0.308 e. The Kier molecular flexibility index (Phi) is 6.70. The van der Waals surface area contributed by atoms with Gasteiger partial charge in [-0.2, -0.15) is 0 Å². The molecule has 88 valence electrons. The minimum Gasteiger partial charge on any atom is -0.481 e. The number of nitrogens with two attached hydrogens (primary N) is 1. The van der Waals surface area contributed by atoms with Gasteiger partial charge in [0, 0.05) is 12.5 Å². The molecule has 0 bridgehead atoms. The zero-order valence-corrected chi connectivity index (χ0v) is 9.32. The topological polar surface area (TPSA) is 92.4 Å². The molecule has 5 nitrogen and oxygen atoms in total. The normalized spacial score (nSPS) is 14.3. The Morgan fingerprint density at radius 1 is 1.47 bits per heavy atom. The average molecular weight is 216 g/mol. The van der Waals surface area contributed by atoms with E-state index >= 15 is 0 Å². The Morgan fingerprint density at radius 2 is 2.07 bits per heavy atom. The van der Waals surface area contributed by atoms with Crippen LogP contribution in [0, 0.1) is 11.8 Å². The van der Waals surface area contributed by atoms with Gasteiger partial charge in [-0.3, -0.25) is 9.59 Å². The van der Waals surface area contributed by atoms with E-state index in [9.17, 15) is 9.59 Å². The highest BCUT2D eigenvalue weighted by molar-refractivity contribution is 5.79. The fourth-order valence-corrected chi connectivity index (χ4v) is 1.19. The van der Waals surface area contributed by atoms with E-state index < -0.39 is 11.9 Å². The number of carboxylic acid groups (broad SMARTS) is 1. The Labute approximate surface area is 90.0 Å². The summed E-state index contributed by atoms with van der Waals surface area (Å²) in [5.41, 5.74) is 5.32. The van der Waals surface area contributed by atoms with Crippen molar-refractivity contribution in [3.05, 3.63) is 0 Å². The quantitative estimate of drug-likeness (QED) is 0.566. The molecule has 2 atom stereocenters. The summed E-state index contributed by atoms with van der Waals surface area (Å²) in [4.78, 5) is 22.1. The standard InChI is InChI=1S/C10H20N2O3/c1-3-8(10(14)15)6-12-9(13)7(2)4-5-11/h7-8H,3-6,11H2,1-2H3,(H,12,13)(H,14,15). The number of aliphatic carboxylic acids is 1. The van der Waals surface area contributed by atoms with Gasteiger partial charge >= 0.3 is 5.97 Å². The first kappa shape index (κ1) is 13.9. The Bertz CT molecular complexity index is 219. The molecule has 0 aliphatic rings. The van der Waals surface area contributed by atoms with Gasteiger partial charge in [-0.25, -0.2) is 0 Å². The predicted octanol–water partition coefficient (Wildman–Crippen LogP) is 0.198. The van der Waals surface area contributed by atoms with Crippen LogP contribution in [0.1, 0.15) is 26.7 Å². The van der Waals surface area contributed by atoms with Crippen LogP contribution in [-0.4, -0.2) is 30.1 Å². The zero-order chi connectivity index (χ0) is 11.8. The van der Waals surface area contributed by atoms with E-state index in [1.165, 1.54) is 0 Å². The second-order valence-electron chi connectivity index (χ2n) is 3.67. The molecule has 0 heterocycles. The third kappa shape index (κ3) is 5.37. The maximum atomic E-state index is 11.4. The molecule has 15 heavy (non-hydrogen) atoms. The molecule has 0 saturated carbocycles. The van der Waals surface area contributed by atoms with E-state index in [1.807, 2.05) is 0 Å². The maximum absolute atomic E-state index is 11.4. The fraction of sp³-hybridized carbons (Fsp3) is 0.800. The second-order valence-corrected chi connectivity index (χ2v) is 3.67. The lowest BCUT2D eigenvalue weighted by atomic mass is 10.1. The van der Waals surface area contributed by atoms with Crippen LogP contribution in [0.5, 0.6) is 0 Å². The van der Waals surface area contributed by atoms with Crippen molar-refractivity contribution in [3.63, 3.8) is 0 Å². The summed E-state index contributed by atoms with van der Waals surface area (Å²) in [6, 6.07) is 0. The molecule has 0 rings (SSSR count). The number of rotatable bonds is 7. The summed E-state index contributed by atoms with van der Waals surface area (Å²) in [5, 5.41) is 11.4. The van der Waals surface area contributed by atoms with Crippen LogP contribution >= 0.6 is 0 Å². The van der Waals surface area contributed by atoms with Crippen molar-refractivity contribution in [1.82, 2.24) is 5.32 Å². The lowest BCUT2D eigenvalue weighted by Crippen LogP contribution is -2.36.